The number of carbonyl (C=O) groups is 1. The summed E-state index contributed by atoms with van der Waals surface area (Å²) >= 11 is 0. The molecule has 6 heteroatoms. The van der Waals surface area contributed by atoms with Gasteiger partial charge < -0.3 is 14.8 Å². The molecule has 1 saturated heterocycles. The number of aromatic nitrogens is 1. The molecule has 154 valence electrons. The molecule has 2 aliphatic heterocycles. The van der Waals surface area contributed by atoms with Crippen molar-refractivity contribution < 1.29 is 14.3 Å². The maximum Gasteiger partial charge on any atom is 0.230 e. The van der Waals surface area contributed by atoms with Crippen LogP contribution in [0.2, 0.25) is 0 Å². The van der Waals surface area contributed by atoms with Crippen molar-refractivity contribution in [2.75, 3.05) is 26.3 Å². The summed E-state index contributed by atoms with van der Waals surface area (Å²) in [4.78, 5) is 19.9. The van der Waals surface area contributed by atoms with Crippen LogP contribution >= 0.6 is 0 Å². The lowest BCUT2D eigenvalue weighted by molar-refractivity contribution is -0.126. The maximum atomic E-state index is 13.1. The molecule has 1 amide bonds. The molecule has 1 fully saturated rings. The number of benzene rings is 1. The molecule has 1 aromatic heterocycles. The van der Waals surface area contributed by atoms with Crippen LogP contribution in [-0.2, 0) is 16.8 Å². The zero-order chi connectivity index (χ0) is 20.3. The molecule has 1 N–H and O–H groups in total. The molecule has 4 rings (SSSR count). The Labute approximate surface area is 172 Å². The van der Waals surface area contributed by atoms with Crippen LogP contribution in [0.25, 0.3) is 0 Å². The second-order valence-electron chi connectivity index (χ2n) is 8.33. The zero-order valence-corrected chi connectivity index (χ0v) is 17.2. The van der Waals surface area contributed by atoms with Gasteiger partial charge in [-0.15, -0.1) is 0 Å². The first-order valence-corrected chi connectivity index (χ1v) is 10.4. The van der Waals surface area contributed by atoms with Crippen LogP contribution in [0.3, 0.4) is 0 Å². The minimum Gasteiger partial charge on any atom is -0.486 e. The number of hydrogen-bond donors (Lipinski definition) is 1. The molecule has 0 atom stereocenters. The quantitative estimate of drug-likeness (QED) is 0.843. The van der Waals surface area contributed by atoms with Crippen molar-refractivity contribution in [3.05, 3.63) is 53.9 Å². The van der Waals surface area contributed by atoms with Crippen molar-refractivity contribution >= 4 is 5.91 Å². The summed E-state index contributed by atoms with van der Waals surface area (Å²) in [6.45, 7) is 7.82. The molecule has 3 heterocycles. The molecule has 2 aliphatic rings. The van der Waals surface area contributed by atoms with Crippen LogP contribution in [0.4, 0.5) is 0 Å². The van der Waals surface area contributed by atoms with E-state index < -0.39 is 5.41 Å². The van der Waals surface area contributed by atoms with Gasteiger partial charge in [-0.25, -0.2) is 0 Å². The zero-order valence-electron chi connectivity index (χ0n) is 17.2. The van der Waals surface area contributed by atoms with Gasteiger partial charge in [0.05, 0.1) is 11.1 Å². The minimum atomic E-state index is -0.638. The Bertz CT molecular complexity index is 846. The van der Waals surface area contributed by atoms with Crippen molar-refractivity contribution in [1.82, 2.24) is 15.2 Å². The SMILES string of the molecule is CC(C)(C(=O)NC1CCN(Cc2ccccn2)CC1)c1ccc2c(c1)OCCO2. The van der Waals surface area contributed by atoms with Gasteiger partial charge in [0.15, 0.2) is 11.5 Å². The largest absolute Gasteiger partial charge is 0.486 e. The first-order valence-electron chi connectivity index (χ1n) is 10.4. The van der Waals surface area contributed by atoms with Gasteiger partial charge in [-0.1, -0.05) is 12.1 Å². The second-order valence-corrected chi connectivity index (χ2v) is 8.33. The average molecular weight is 396 g/mol. The van der Waals surface area contributed by atoms with E-state index in [0.29, 0.717) is 13.2 Å². The van der Waals surface area contributed by atoms with E-state index in [4.69, 9.17) is 9.47 Å². The Kier molecular flexibility index (Phi) is 5.72. The fourth-order valence-corrected chi connectivity index (χ4v) is 3.89. The van der Waals surface area contributed by atoms with Crippen LogP contribution in [-0.4, -0.2) is 48.1 Å². The van der Waals surface area contributed by atoms with E-state index in [1.165, 1.54) is 0 Å². The highest BCUT2D eigenvalue weighted by molar-refractivity contribution is 5.87. The fourth-order valence-electron chi connectivity index (χ4n) is 3.89. The summed E-state index contributed by atoms with van der Waals surface area (Å²) in [6.07, 6.45) is 3.74. The first kappa shape index (κ1) is 19.7. The Morgan fingerprint density at radius 2 is 1.90 bits per heavy atom. The molecule has 0 unspecified atom stereocenters. The van der Waals surface area contributed by atoms with Gasteiger partial charge >= 0.3 is 0 Å². The number of piperidine rings is 1. The highest BCUT2D eigenvalue weighted by atomic mass is 16.6. The topological polar surface area (TPSA) is 63.7 Å². The number of hydrogen-bond acceptors (Lipinski definition) is 5. The van der Waals surface area contributed by atoms with Crippen molar-refractivity contribution in [3.63, 3.8) is 0 Å². The Morgan fingerprint density at radius 3 is 2.62 bits per heavy atom. The lowest BCUT2D eigenvalue weighted by atomic mass is 9.83. The Balaban J connectivity index is 1.33. The number of ether oxygens (including phenoxy) is 2. The van der Waals surface area contributed by atoms with Gasteiger partial charge in [0.2, 0.25) is 5.91 Å². The van der Waals surface area contributed by atoms with Gasteiger partial charge in [-0.2, -0.15) is 0 Å². The van der Waals surface area contributed by atoms with E-state index in [1.807, 2.05) is 50.4 Å². The summed E-state index contributed by atoms with van der Waals surface area (Å²) in [7, 11) is 0. The monoisotopic (exact) mass is 395 g/mol. The summed E-state index contributed by atoms with van der Waals surface area (Å²) < 4.78 is 11.3. The van der Waals surface area contributed by atoms with E-state index in [2.05, 4.69) is 21.3 Å². The molecule has 1 aromatic carbocycles. The van der Waals surface area contributed by atoms with Crippen molar-refractivity contribution in [2.45, 2.75) is 44.7 Å². The molecule has 0 aliphatic carbocycles. The summed E-state index contributed by atoms with van der Waals surface area (Å²) in [5.74, 6) is 1.52. The summed E-state index contributed by atoms with van der Waals surface area (Å²) in [6, 6.07) is 12.0. The molecule has 2 aromatic rings. The first-order chi connectivity index (χ1) is 14.0. The fraction of sp³-hybridized carbons (Fsp3) is 0.478. The second kappa shape index (κ2) is 8.41. The van der Waals surface area contributed by atoms with Gasteiger partial charge in [-0.05, 0) is 56.5 Å². The van der Waals surface area contributed by atoms with Crippen LogP contribution in [0.1, 0.15) is 37.9 Å². The number of likely N-dealkylation sites (tertiary alicyclic amines) is 1. The number of fused-ring (bicyclic) bond motifs is 1. The van der Waals surface area contributed by atoms with Gasteiger partial charge in [-0.3, -0.25) is 14.7 Å². The number of nitrogens with one attached hydrogen (secondary N) is 1. The molecular formula is C23H29N3O3. The Hall–Kier alpha value is -2.60. The molecule has 0 saturated carbocycles. The van der Waals surface area contributed by atoms with Gasteiger partial charge in [0.25, 0.3) is 0 Å². The normalized spacial score (nSPS) is 17.7. The van der Waals surface area contributed by atoms with E-state index in [-0.39, 0.29) is 11.9 Å². The number of nitrogens with zero attached hydrogens (tertiary/aromatic N) is 2. The van der Waals surface area contributed by atoms with E-state index in [1.54, 1.807) is 0 Å². The molecule has 0 spiro atoms. The van der Waals surface area contributed by atoms with E-state index in [0.717, 1.165) is 55.2 Å². The van der Waals surface area contributed by atoms with E-state index in [9.17, 15) is 4.79 Å². The summed E-state index contributed by atoms with van der Waals surface area (Å²) in [5.41, 5.74) is 1.39. The van der Waals surface area contributed by atoms with Gasteiger partial charge in [0.1, 0.15) is 13.2 Å². The molecule has 6 nitrogen and oxygen atoms in total. The number of pyridine rings is 1. The molecular weight excluding hydrogens is 366 g/mol. The van der Waals surface area contributed by atoms with Crippen molar-refractivity contribution in [3.8, 4) is 11.5 Å². The van der Waals surface area contributed by atoms with Gasteiger partial charge in [0, 0.05) is 31.9 Å². The third-order valence-electron chi connectivity index (χ3n) is 5.87. The van der Waals surface area contributed by atoms with Crippen LogP contribution in [0, 0.1) is 0 Å². The predicted molar refractivity (Wildman–Crippen MR) is 111 cm³/mol. The van der Waals surface area contributed by atoms with Crippen molar-refractivity contribution in [1.29, 1.82) is 0 Å². The number of rotatable bonds is 5. The highest BCUT2D eigenvalue weighted by Gasteiger charge is 2.33. The number of carbonyl (C=O) groups excluding carboxylic acids is 1. The lowest BCUT2D eigenvalue weighted by Gasteiger charge is -2.34. The Morgan fingerprint density at radius 1 is 1.14 bits per heavy atom. The smallest absolute Gasteiger partial charge is 0.230 e. The predicted octanol–water partition coefficient (Wildman–Crippen LogP) is 2.91. The molecule has 0 radical (unpaired) electrons. The minimum absolute atomic E-state index is 0.0531. The van der Waals surface area contributed by atoms with E-state index >= 15 is 0 Å². The third-order valence-corrected chi connectivity index (χ3v) is 5.87. The highest BCUT2D eigenvalue weighted by Crippen LogP contribution is 2.35. The summed E-state index contributed by atoms with van der Waals surface area (Å²) in [5, 5.41) is 3.27. The average Bonchev–Trinajstić information content (AvgIpc) is 2.75. The third kappa shape index (κ3) is 4.53. The van der Waals surface area contributed by atoms with Crippen LogP contribution in [0.15, 0.2) is 42.6 Å². The molecule has 29 heavy (non-hydrogen) atoms. The van der Waals surface area contributed by atoms with Crippen LogP contribution in [0.5, 0.6) is 11.5 Å². The standard InChI is InChI=1S/C23H29N3O3/c1-23(2,17-6-7-20-21(15-17)29-14-13-28-20)22(27)25-18-8-11-26(12-9-18)16-19-5-3-4-10-24-19/h3-7,10,15,18H,8-9,11-14,16H2,1-2H3,(H,25,27). The molecule has 0 bridgehead atoms. The van der Waals surface area contributed by atoms with Crippen LogP contribution < -0.4 is 14.8 Å². The number of amides is 1. The van der Waals surface area contributed by atoms with Crippen molar-refractivity contribution in [2.24, 2.45) is 0 Å². The lowest BCUT2D eigenvalue weighted by Crippen LogP contribution is -2.49. The maximum absolute atomic E-state index is 13.1.